The maximum absolute atomic E-state index is 13.9. The van der Waals surface area contributed by atoms with Gasteiger partial charge in [0.15, 0.2) is 12.4 Å². The molecule has 4 amide bonds. The Bertz CT molecular complexity index is 1340. The monoisotopic (exact) mass is 641 g/mol. The Hall–Kier alpha value is -3.72. The standard InChI is InChI=1S/C29H42F3N7O6/c1-13(2)20(35-26(44)29(30,31)32)25(43)39-11-16-19(28(16,5)6)21(39)24(42)34-17(10-15-8-9-33-23(15)41)18(40)12-45-27-37-36-22(14(3)4)38(27)7/h13-17,19-21H,8-12H2,1-7H3,(H,33,41)(H,34,42)(H,35,44)/t15-,16-,17-,19-,20-,21-/m0/s1. The molecule has 3 aliphatic rings. The zero-order valence-corrected chi connectivity index (χ0v) is 26.5. The average molecular weight is 642 g/mol. The number of likely N-dealkylation sites (tertiary alicyclic amines) is 1. The lowest BCUT2D eigenvalue weighted by Gasteiger charge is -2.35. The summed E-state index contributed by atoms with van der Waals surface area (Å²) in [7, 11) is 1.69. The van der Waals surface area contributed by atoms with Crippen LogP contribution in [0.25, 0.3) is 0 Å². The van der Waals surface area contributed by atoms with Crippen LogP contribution in [-0.2, 0) is 31.0 Å². The molecule has 45 heavy (non-hydrogen) atoms. The van der Waals surface area contributed by atoms with Crippen LogP contribution in [0.15, 0.2) is 0 Å². The predicted octanol–water partition coefficient (Wildman–Crippen LogP) is 1.08. The van der Waals surface area contributed by atoms with Gasteiger partial charge >= 0.3 is 18.1 Å². The fourth-order valence-corrected chi connectivity index (χ4v) is 6.60. The van der Waals surface area contributed by atoms with E-state index in [1.807, 2.05) is 27.7 Å². The first kappa shape index (κ1) is 34.2. The van der Waals surface area contributed by atoms with E-state index in [2.05, 4.69) is 20.8 Å². The highest BCUT2D eigenvalue weighted by Gasteiger charge is 2.69. The van der Waals surface area contributed by atoms with E-state index < -0.39 is 66.2 Å². The van der Waals surface area contributed by atoms with Gasteiger partial charge in [0.2, 0.25) is 17.7 Å². The molecule has 1 aromatic heterocycles. The van der Waals surface area contributed by atoms with E-state index >= 15 is 0 Å². The molecule has 3 fully saturated rings. The zero-order valence-electron chi connectivity index (χ0n) is 26.5. The number of amides is 4. The summed E-state index contributed by atoms with van der Waals surface area (Å²) in [6.45, 7) is 10.8. The second-order valence-electron chi connectivity index (χ2n) is 13.5. The molecule has 1 saturated carbocycles. The summed E-state index contributed by atoms with van der Waals surface area (Å²) in [5.41, 5.74) is -0.339. The van der Waals surface area contributed by atoms with Gasteiger partial charge in [-0.2, -0.15) is 13.2 Å². The second kappa shape index (κ2) is 12.6. The first-order chi connectivity index (χ1) is 20.9. The first-order valence-electron chi connectivity index (χ1n) is 15.2. The number of nitrogens with one attached hydrogen (secondary N) is 3. The summed E-state index contributed by atoms with van der Waals surface area (Å²) in [6.07, 6.45) is -4.74. The van der Waals surface area contributed by atoms with Crippen LogP contribution >= 0.6 is 0 Å². The van der Waals surface area contributed by atoms with Crippen molar-refractivity contribution in [2.75, 3.05) is 19.7 Å². The molecule has 6 atom stereocenters. The number of alkyl halides is 3. The van der Waals surface area contributed by atoms with Gasteiger partial charge in [-0.25, -0.2) is 0 Å². The number of carbonyl (C=O) groups is 5. The number of ether oxygens (including phenoxy) is 1. The summed E-state index contributed by atoms with van der Waals surface area (Å²) in [5, 5.41) is 15.3. The quantitative estimate of drug-likeness (QED) is 0.305. The third-order valence-electron chi connectivity index (χ3n) is 9.35. The van der Waals surface area contributed by atoms with Crippen molar-refractivity contribution in [3.8, 4) is 6.01 Å². The first-order valence-corrected chi connectivity index (χ1v) is 15.2. The molecule has 13 nitrogen and oxygen atoms in total. The normalized spacial score (nSPS) is 25.1. The molecular formula is C29H42F3N7O6. The minimum atomic E-state index is -5.19. The molecule has 0 bridgehead atoms. The van der Waals surface area contributed by atoms with Crippen molar-refractivity contribution in [3.63, 3.8) is 0 Å². The van der Waals surface area contributed by atoms with Crippen LogP contribution in [0.2, 0.25) is 0 Å². The summed E-state index contributed by atoms with van der Waals surface area (Å²) in [6, 6.07) is -3.67. The third-order valence-corrected chi connectivity index (χ3v) is 9.35. The van der Waals surface area contributed by atoms with Gasteiger partial charge in [0.1, 0.15) is 17.9 Å². The van der Waals surface area contributed by atoms with Crippen molar-refractivity contribution in [1.82, 2.24) is 35.6 Å². The Morgan fingerprint density at radius 1 is 1.11 bits per heavy atom. The number of aromatic nitrogens is 3. The smallest absolute Gasteiger partial charge is 0.455 e. The van der Waals surface area contributed by atoms with Crippen molar-refractivity contribution < 1.29 is 41.9 Å². The molecule has 0 spiro atoms. The summed E-state index contributed by atoms with van der Waals surface area (Å²) in [5.74, 6) is -5.48. The molecule has 0 radical (unpaired) electrons. The number of halogens is 3. The number of rotatable bonds is 12. The van der Waals surface area contributed by atoms with E-state index in [0.29, 0.717) is 18.8 Å². The van der Waals surface area contributed by atoms with E-state index in [9.17, 15) is 37.1 Å². The number of hydrogen-bond donors (Lipinski definition) is 3. The van der Waals surface area contributed by atoms with Gasteiger partial charge in [0, 0.05) is 32.0 Å². The van der Waals surface area contributed by atoms with Crippen LogP contribution in [0, 0.1) is 29.1 Å². The lowest BCUT2D eigenvalue weighted by atomic mass is 9.94. The van der Waals surface area contributed by atoms with Crippen molar-refractivity contribution in [2.45, 2.75) is 84.6 Å². The average Bonchev–Trinajstić information content (AvgIpc) is 3.42. The molecule has 1 aliphatic carbocycles. The summed E-state index contributed by atoms with van der Waals surface area (Å²) < 4.78 is 46.4. The molecular weight excluding hydrogens is 599 g/mol. The number of fused-ring (bicyclic) bond motifs is 1. The number of nitrogens with zero attached hydrogens (tertiary/aromatic N) is 4. The SMILES string of the molecule is CC(C)c1nnc(OCC(=O)[C@H](C[C@@H]2CCNC2=O)NC(=O)[C@@H]2[C@@H]3[C@H](CN2C(=O)[C@@H](NC(=O)C(F)(F)F)C(C)C)C3(C)C)n1C. The van der Waals surface area contributed by atoms with Crippen LogP contribution < -0.4 is 20.7 Å². The highest BCUT2D eigenvalue weighted by molar-refractivity contribution is 5.97. The second-order valence-corrected chi connectivity index (χ2v) is 13.5. The van der Waals surface area contributed by atoms with E-state index in [4.69, 9.17) is 4.74 Å². The number of Topliss-reactive ketones (excluding diaryl/α,β-unsaturated/α-hetero) is 1. The van der Waals surface area contributed by atoms with E-state index in [1.165, 1.54) is 18.7 Å². The fraction of sp³-hybridized carbons (Fsp3) is 0.759. The zero-order chi connectivity index (χ0) is 33.6. The van der Waals surface area contributed by atoms with Gasteiger partial charge in [-0.1, -0.05) is 46.6 Å². The lowest BCUT2D eigenvalue weighted by molar-refractivity contribution is -0.175. The van der Waals surface area contributed by atoms with Crippen LogP contribution in [-0.4, -0.2) is 93.1 Å². The van der Waals surface area contributed by atoms with Gasteiger partial charge in [-0.05, 0) is 36.0 Å². The maximum atomic E-state index is 13.9. The lowest BCUT2D eigenvalue weighted by Crippen LogP contribution is -2.59. The number of hydrogen-bond acceptors (Lipinski definition) is 8. The fourth-order valence-electron chi connectivity index (χ4n) is 6.60. The van der Waals surface area contributed by atoms with Gasteiger partial charge < -0.3 is 25.6 Å². The predicted molar refractivity (Wildman–Crippen MR) is 152 cm³/mol. The number of ketones is 1. The minimum Gasteiger partial charge on any atom is -0.455 e. The Morgan fingerprint density at radius 3 is 2.31 bits per heavy atom. The van der Waals surface area contributed by atoms with E-state index in [-0.39, 0.29) is 48.1 Å². The largest absolute Gasteiger partial charge is 0.471 e. The highest BCUT2D eigenvalue weighted by atomic mass is 19.4. The Morgan fingerprint density at radius 2 is 1.78 bits per heavy atom. The molecule has 3 N–H and O–H groups in total. The molecule has 0 aromatic carbocycles. The Kier molecular flexibility index (Phi) is 9.55. The molecule has 250 valence electrons. The molecule has 1 aromatic rings. The molecule has 2 aliphatic heterocycles. The van der Waals surface area contributed by atoms with Gasteiger partial charge in [0.25, 0.3) is 0 Å². The minimum absolute atomic E-state index is 0.00968. The van der Waals surface area contributed by atoms with Crippen LogP contribution in [0.4, 0.5) is 13.2 Å². The van der Waals surface area contributed by atoms with Crippen LogP contribution in [0.5, 0.6) is 6.01 Å². The number of piperidine rings is 1. The van der Waals surface area contributed by atoms with Crippen molar-refractivity contribution in [3.05, 3.63) is 5.82 Å². The topological polar surface area (TPSA) is 165 Å². The molecule has 4 rings (SSSR count). The van der Waals surface area contributed by atoms with Crippen molar-refractivity contribution >= 4 is 29.4 Å². The van der Waals surface area contributed by atoms with Crippen molar-refractivity contribution in [2.24, 2.45) is 36.1 Å². The van der Waals surface area contributed by atoms with Crippen LogP contribution in [0.1, 0.15) is 66.1 Å². The molecule has 2 saturated heterocycles. The number of carbonyl (C=O) groups excluding carboxylic acids is 5. The third kappa shape index (κ3) is 6.93. The summed E-state index contributed by atoms with van der Waals surface area (Å²) >= 11 is 0. The van der Waals surface area contributed by atoms with Gasteiger partial charge in [-0.15, -0.1) is 5.10 Å². The van der Waals surface area contributed by atoms with Crippen LogP contribution in [0.3, 0.4) is 0 Å². The Balaban J connectivity index is 1.55. The molecule has 16 heteroatoms. The maximum Gasteiger partial charge on any atom is 0.471 e. The molecule has 0 unspecified atom stereocenters. The van der Waals surface area contributed by atoms with Gasteiger partial charge in [0.05, 0.1) is 6.04 Å². The van der Waals surface area contributed by atoms with Gasteiger partial charge in [-0.3, -0.25) is 28.5 Å². The van der Waals surface area contributed by atoms with E-state index in [1.54, 1.807) is 16.9 Å². The summed E-state index contributed by atoms with van der Waals surface area (Å²) in [4.78, 5) is 66.4. The van der Waals surface area contributed by atoms with E-state index in [0.717, 1.165) is 0 Å². The van der Waals surface area contributed by atoms with Crippen molar-refractivity contribution in [1.29, 1.82) is 0 Å². The molecule has 3 heterocycles. The Labute approximate surface area is 259 Å². The highest BCUT2D eigenvalue weighted by Crippen LogP contribution is 2.65.